The second kappa shape index (κ2) is 11.3. The van der Waals surface area contributed by atoms with Crippen LogP contribution in [0.2, 0.25) is 0 Å². The largest absolute Gasteiger partial charge is 0.483 e. The number of benzene rings is 1. The first-order chi connectivity index (χ1) is 15.8. The van der Waals surface area contributed by atoms with Crippen molar-refractivity contribution < 1.29 is 19.1 Å². The van der Waals surface area contributed by atoms with Crippen molar-refractivity contribution in [3.8, 4) is 5.75 Å². The number of nitrogens with zero attached hydrogens (tertiary/aromatic N) is 3. The molecule has 0 aliphatic heterocycles. The van der Waals surface area contributed by atoms with Crippen molar-refractivity contribution in [2.24, 2.45) is 7.05 Å². The van der Waals surface area contributed by atoms with E-state index in [0.29, 0.717) is 21.5 Å². The first kappa shape index (κ1) is 24.8. The summed E-state index contributed by atoms with van der Waals surface area (Å²) in [5.74, 6) is 0.884. The van der Waals surface area contributed by atoms with Crippen molar-refractivity contribution in [3.05, 3.63) is 52.2 Å². The maximum atomic E-state index is 12.6. The Kier molecular flexibility index (Phi) is 8.51. The molecule has 10 heteroatoms. The molecule has 1 aromatic carbocycles. The van der Waals surface area contributed by atoms with Gasteiger partial charge in [-0.3, -0.25) is 4.79 Å². The normalized spacial score (nSPS) is 11.8. The molecule has 0 bridgehead atoms. The van der Waals surface area contributed by atoms with E-state index in [4.69, 9.17) is 9.47 Å². The summed E-state index contributed by atoms with van der Waals surface area (Å²) in [5.41, 5.74) is 1.50. The predicted octanol–water partition coefficient (Wildman–Crippen LogP) is 4.79. The lowest BCUT2D eigenvalue weighted by Gasteiger charge is -2.14. The smallest absolute Gasteiger partial charge is 0.341 e. The van der Waals surface area contributed by atoms with E-state index in [9.17, 15) is 9.59 Å². The first-order valence-electron chi connectivity index (χ1n) is 10.7. The van der Waals surface area contributed by atoms with Gasteiger partial charge in [0.15, 0.2) is 17.1 Å². The molecule has 0 aliphatic carbocycles. The number of hydrogen-bond donors (Lipinski definition) is 1. The Morgan fingerprint density at radius 3 is 2.73 bits per heavy atom. The number of nitrogens with one attached hydrogen (secondary N) is 1. The maximum Gasteiger partial charge on any atom is 0.341 e. The Morgan fingerprint density at radius 1 is 1.24 bits per heavy atom. The molecule has 0 saturated heterocycles. The molecule has 1 amide bonds. The molecule has 0 saturated carbocycles. The van der Waals surface area contributed by atoms with Gasteiger partial charge in [-0.15, -0.1) is 21.5 Å². The number of thioether (sulfide) groups is 1. The van der Waals surface area contributed by atoms with Gasteiger partial charge >= 0.3 is 5.97 Å². The van der Waals surface area contributed by atoms with E-state index in [-0.39, 0.29) is 24.4 Å². The molecule has 8 nitrogen and oxygen atoms in total. The van der Waals surface area contributed by atoms with Crippen LogP contribution >= 0.6 is 23.1 Å². The quantitative estimate of drug-likeness (QED) is 0.324. The fraction of sp³-hybridized carbons (Fsp3) is 0.391. The Hall–Kier alpha value is -2.85. The minimum absolute atomic E-state index is 0.126. The number of ether oxygens (including phenoxy) is 2. The number of thiophene rings is 1. The van der Waals surface area contributed by atoms with Gasteiger partial charge in [0.25, 0.3) is 0 Å². The van der Waals surface area contributed by atoms with Gasteiger partial charge in [-0.05, 0) is 51.0 Å². The number of amides is 1. The van der Waals surface area contributed by atoms with Gasteiger partial charge < -0.3 is 19.4 Å². The van der Waals surface area contributed by atoms with E-state index in [2.05, 4.69) is 15.5 Å². The van der Waals surface area contributed by atoms with E-state index in [1.54, 1.807) is 13.0 Å². The zero-order valence-corrected chi connectivity index (χ0v) is 21.0. The highest BCUT2D eigenvalue weighted by Crippen LogP contribution is 2.30. The minimum atomic E-state index is -0.433. The second-order valence-corrected chi connectivity index (χ2v) is 9.42. The number of anilines is 1. The number of rotatable bonds is 10. The monoisotopic (exact) mass is 488 g/mol. The van der Waals surface area contributed by atoms with Crippen molar-refractivity contribution in [1.29, 1.82) is 0 Å². The Bertz CT molecular complexity index is 1130. The Labute approximate surface area is 201 Å². The van der Waals surface area contributed by atoms with E-state index >= 15 is 0 Å². The van der Waals surface area contributed by atoms with Crippen LogP contribution in [0, 0.1) is 6.92 Å². The van der Waals surface area contributed by atoms with E-state index < -0.39 is 5.97 Å². The van der Waals surface area contributed by atoms with Crippen LogP contribution in [0.15, 0.2) is 35.5 Å². The van der Waals surface area contributed by atoms with Gasteiger partial charge in [0.2, 0.25) is 5.91 Å². The molecule has 3 rings (SSSR count). The van der Waals surface area contributed by atoms with Crippen LogP contribution in [-0.2, 0) is 23.0 Å². The molecule has 1 unspecified atom stereocenters. The molecule has 176 valence electrons. The van der Waals surface area contributed by atoms with E-state index in [1.165, 1.54) is 23.1 Å². The number of carbonyl (C=O) groups excluding carboxylic acids is 2. The second-order valence-electron chi connectivity index (χ2n) is 7.34. The van der Waals surface area contributed by atoms with Gasteiger partial charge in [-0.25, -0.2) is 4.79 Å². The highest BCUT2D eigenvalue weighted by atomic mass is 32.2. The number of aromatic nitrogens is 3. The number of hydrogen-bond acceptors (Lipinski definition) is 8. The molecule has 1 N–H and O–H groups in total. The van der Waals surface area contributed by atoms with Crippen molar-refractivity contribution in [1.82, 2.24) is 14.8 Å². The molecule has 3 aromatic rings. The summed E-state index contributed by atoms with van der Waals surface area (Å²) in [7, 11) is 1.84. The maximum absolute atomic E-state index is 12.6. The zero-order valence-electron chi connectivity index (χ0n) is 19.4. The molecule has 1 atom stereocenters. The van der Waals surface area contributed by atoms with Crippen LogP contribution in [0.3, 0.4) is 0 Å². The Morgan fingerprint density at radius 2 is 2.03 bits per heavy atom. The lowest BCUT2D eigenvalue weighted by Crippen LogP contribution is -2.16. The van der Waals surface area contributed by atoms with Gasteiger partial charge in [0.1, 0.15) is 10.8 Å². The molecular formula is C23H28N4O4S2. The average Bonchev–Trinajstić information content (AvgIpc) is 3.35. The van der Waals surface area contributed by atoms with Crippen molar-refractivity contribution in [3.63, 3.8) is 0 Å². The molecular weight excluding hydrogens is 460 g/mol. The van der Waals surface area contributed by atoms with E-state index in [1.807, 2.05) is 56.7 Å². The summed E-state index contributed by atoms with van der Waals surface area (Å²) < 4.78 is 12.9. The van der Waals surface area contributed by atoms with Crippen molar-refractivity contribution in [2.75, 3.05) is 17.7 Å². The summed E-state index contributed by atoms with van der Waals surface area (Å²) in [6, 6.07) is 9.59. The van der Waals surface area contributed by atoms with E-state index in [0.717, 1.165) is 22.6 Å². The summed E-state index contributed by atoms with van der Waals surface area (Å²) in [6.07, 6.45) is 0.463. The lowest BCUT2D eigenvalue weighted by atomic mass is 10.2. The summed E-state index contributed by atoms with van der Waals surface area (Å²) in [5, 5.41) is 12.4. The molecule has 0 spiro atoms. The van der Waals surface area contributed by atoms with Crippen LogP contribution in [0.5, 0.6) is 5.75 Å². The summed E-state index contributed by atoms with van der Waals surface area (Å²) in [4.78, 5) is 25.8. The summed E-state index contributed by atoms with van der Waals surface area (Å²) >= 11 is 2.65. The Balaban J connectivity index is 1.62. The van der Waals surface area contributed by atoms with Crippen molar-refractivity contribution >= 4 is 40.0 Å². The lowest BCUT2D eigenvalue weighted by molar-refractivity contribution is -0.113. The number of carbonyl (C=O) groups is 2. The average molecular weight is 489 g/mol. The third-order valence-corrected chi connectivity index (χ3v) is 6.96. The highest BCUT2D eigenvalue weighted by Gasteiger charge is 2.21. The van der Waals surface area contributed by atoms with Crippen molar-refractivity contribution in [2.45, 2.75) is 45.4 Å². The zero-order chi connectivity index (χ0) is 24.0. The fourth-order valence-corrected chi connectivity index (χ4v) is 4.83. The number of aryl methyl sites for hydroxylation is 2. The minimum Gasteiger partial charge on any atom is -0.483 e. The third kappa shape index (κ3) is 6.35. The van der Waals surface area contributed by atoms with Gasteiger partial charge in [-0.1, -0.05) is 30.8 Å². The summed E-state index contributed by atoms with van der Waals surface area (Å²) in [6.45, 7) is 7.94. The molecule has 0 radical (unpaired) electrons. The van der Waals surface area contributed by atoms with Crippen LogP contribution in [0.25, 0.3) is 0 Å². The fourth-order valence-electron chi connectivity index (χ4n) is 3.11. The first-order valence-corrected chi connectivity index (χ1v) is 12.5. The number of esters is 1. The highest BCUT2D eigenvalue weighted by molar-refractivity contribution is 7.99. The molecule has 0 fully saturated rings. The van der Waals surface area contributed by atoms with Crippen LogP contribution < -0.4 is 10.1 Å². The SMILES string of the molecule is CCOC(=O)c1cc(CC)sc1NC(=O)CSc1nnc(C(C)Oc2cccc(C)c2)n1C. The topological polar surface area (TPSA) is 95.3 Å². The standard InChI is InChI=1S/C23H28N4O4S2/c1-6-17-12-18(22(29)30-7-2)21(33-17)24-19(28)13-32-23-26-25-20(27(23)5)15(4)31-16-10-8-9-14(3)11-16/h8-12,15H,6-7,13H2,1-5H3,(H,24,28). The van der Waals surface area contributed by atoms with Gasteiger partial charge in [-0.2, -0.15) is 0 Å². The van der Waals surface area contributed by atoms with Crippen LogP contribution in [-0.4, -0.2) is 39.0 Å². The third-order valence-electron chi connectivity index (χ3n) is 4.75. The molecule has 0 aliphatic rings. The predicted molar refractivity (Wildman–Crippen MR) is 130 cm³/mol. The van der Waals surface area contributed by atoms with Gasteiger partial charge in [0.05, 0.1) is 17.9 Å². The van der Waals surface area contributed by atoms with Crippen LogP contribution in [0.1, 0.15) is 53.5 Å². The molecule has 2 aromatic heterocycles. The van der Waals surface area contributed by atoms with Crippen LogP contribution in [0.4, 0.5) is 5.00 Å². The van der Waals surface area contributed by atoms with Gasteiger partial charge in [0, 0.05) is 11.9 Å². The molecule has 33 heavy (non-hydrogen) atoms. The molecule has 2 heterocycles.